The SMILES string of the molecule is CSCCC(N)C(=O)NC(CCCCN)C(=O)NC(CCCN=C(N)N)C(=O)NC(CCSC)C(=O)O. The van der Waals surface area contributed by atoms with Crippen molar-refractivity contribution in [2.24, 2.45) is 27.9 Å². The van der Waals surface area contributed by atoms with Gasteiger partial charge in [-0.2, -0.15) is 23.5 Å². The van der Waals surface area contributed by atoms with Crippen molar-refractivity contribution in [2.75, 3.05) is 37.1 Å². The number of unbranched alkanes of at least 4 members (excludes halogenated alkanes) is 1. The summed E-state index contributed by atoms with van der Waals surface area (Å²) in [5.74, 6) is -1.72. The van der Waals surface area contributed by atoms with Gasteiger partial charge < -0.3 is 44.0 Å². The first-order valence-electron chi connectivity index (χ1n) is 12.2. The van der Waals surface area contributed by atoms with E-state index < -0.39 is 47.9 Å². The fraction of sp³-hybridized carbons (Fsp3) is 0.773. The zero-order valence-corrected chi connectivity index (χ0v) is 23.4. The van der Waals surface area contributed by atoms with Crippen LogP contribution in [0.3, 0.4) is 0 Å². The Bertz CT molecular complexity index is 740. The Labute approximate surface area is 227 Å². The van der Waals surface area contributed by atoms with E-state index in [1.165, 1.54) is 11.8 Å². The molecule has 3 amide bonds. The number of carbonyl (C=O) groups is 4. The van der Waals surface area contributed by atoms with Crippen LogP contribution in [-0.4, -0.2) is 96.0 Å². The maximum atomic E-state index is 13.2. The highest BCUT2D eigenvalue weighted by molar-refractivity contribution is 7.98. The number of nitrogens with two attached hydrogens (primary N) is 4. The molecule has 0 bridgehead atoms. The molecule has 0 rings (SSSR count). The smallest absolute Gasteiger partial charge is 0.326 e. The molecule has 4 unspecified atom stereocenters. The van der Waals surface area contributed by atoms with Crippen molar-refractivity contribution in [3.05, 3.63) is 0 Å². The Balaban J connectivity index is 5.58. The van der Waals surface area contributed by atoms with Crippen LogP contribution in [-0.2, 0) is 19.2 Å². The molecule has 0 saturated carbocycles. The monoisotopic (exact) mass is 564 g/mol. The van der Waals surface area contributed by atoms with Crippen LogP contribution >= 0.6 is 23.5 Å². The number of rotatable bonds is 21. The number of hydrogen-bond acceptors (Lipinski definition) is 9. The number of carbonyl (C=O) groups excluding carboxylic acids is 3. The minimum atomic E-state index is -1.17. The van der Waals surface area contributed by atoms with Gasteiger partial charge in [0, 0.05) is 6.54 Å². The van der Waals surface area contributed by atoms with Crippen LogP contribution in [0.4, 0.5) is 0 Å². The molecule has 0 aromatic rings. The van der Waals surface area contributed by atoms with Crippen LogP contribution in [0.15, 0.2) is 4.99 Å². The number of aliphatic carboxylic acids is 1. The highest BCUT2D eigenvalue weighted by Crippen LogP contribution is 2.08. The molecule has 15 heteroatoms. The number of thioether (sulfide) groups is 2. The number of hydrogen-bond donors (Lipinski definition) is 8. The van der Waals surface area contributed by atoms with E-state index in [-0.39, 0.29) is 25.3 Å². The second-order valence-corrected chi connectivity index (χ2v) is 10.4. The van der Waals surface area contributed by atoms with Crippen molar-refractivity contribution in [1.29, 1.82) is 0 Å². The Morgan fingerprint density at radius 1 is 0.784 bits per heavy atom. The van der Waals surface area contributed by atoms with Gasteiger partial charge in [0.15, 0.2) is 5.96 Å². The number of nitrogens with one attached hydrogen (secondary N) is 3. The largest absolute Gasteiger partial charge is 0.480 e. The molecule has 0 heterocycles. The molecule has 0 aliphatic rings. The summed E-state index contributed by atoms with van der Waals surface area (Å²) in [5, 5.41) is 17.3. The summed E-state index contributed by atoms with van der Waals surface area (Å²) in [7, 11) is 0. The Morgan fingerprint density at radius 2 is 1.30 bits per heavy atom. The van der Waals surface area contributed by atoms with Crippen LogP contribution < -0.4 is 38.9 Å². The third-order valence-electron chi connectivity index (χ3n) is 5.35. The molecule has 0 aliphatic carbocycles. The first kappa shape index (κ1) is 34.8. The fourth-order valence-corrected chi connectivity index (χ4v) is 4.19. The van der Waals surface area contributed by atoms with Crippen LogP contribution in [0, 0.1) is 0 Å². The van der Waals surface area contributed by atoms with Crippen LogP contribution in [0.5, 0.6) is 0 Å². The molecule has 0 spiro atoms. The van der Waals surface area contributed by atoms with E-state index >= 15 is 0 Å². The third kappa shape index (κ3) is 16.3. The maximum Gasteiger partial charge on any atom is 0.326 e. The van der Waals surface area contributed by atoms with Crippen LogP contribution in [0.25, 0.3) is 0 Å². The summed E-state index contributed by atoms with van der Waals surface area (Å²) in [4.78, 5) is 54.3. The normalized spacial score (nSPS) is 14.1. The number of nitrogens with zero attached hydrogens (tertiary/aromatic N) is 1. The molecule has 0 aliphatic heterocycles. The predicted octanol–water partition coefficient (Wildman–Crippen LogP) is -1.46. The van der Waals surface area contributed by atoms with Gasteiger partial charge in [0.2, 0.25) is 17.7 Å². The van der Waals surface area contributed by atoms with Crippen LogP contribution in [0.1, 0.15) is 44.9 Å². The number of carboxylic acids is 1. The zero-order chi connectivity index (χ0) is 28.2. The van der Waals surface area contributed by atoms with Crippen molar-refractivity contribution < 1.29 is 24.3 Å². The molecule has 0 radical (unpaired) electrons. The molecule has 12 N–H and O–H groups in total. The maximum absolute atomic E-state index is 13.2. The van der Waals surface area contributed by atoms with Gasteiger partial charge in [-0.05, 0) is 75.5 Å². The van der Waals surface area contributed by atoms with Crippen molar-refractivity contribution in [2.45, 2.75) is 69.1 Å². The van der Waals surface area contributed by atoms with E-state index in [9.17, 15) is 24.3 Å². The Kier molecular flexibility index (Phi) is 19.5. The molecule has 13 nitrogen and oxygen atoms in total. The zero-order valence-electron chi connectivity index (χ0n) is 21.7. The summed E-state index contributed by atoms with van der Waals surface area (Å²) in [6.45, 7) is 0.649. The molecular formula is C22H44N8O5S2. The van der Waals surface area contributed by atoms with Gasteiger partial charge in [0.1, 0.15) is 18.1 Å². The average Bonchev–Trinajstić information content (AvgIpc) is 2.85. The predicted molar refractivity (Wildman–Crippen MR) is 150 cm³/mol. The van der Waals surface area contributed by atoms with Gasteiger partial charge in [-0.15, -0.1) is 0 Å². The molecule has 0 aromatic carbocycles. The van der Waals surface area contributed by atoms with Gasteiger partial charge in [-0.3, -0.25) is 19.4 Å². The van der Waals surface area contributed by atoms with E-state index in [1.54, 1.807) is 11.8 Å². The molecule has 0 saturated heterocycles. The minimum absolute atomic E-state index is 0.103. The first-order chi connectivity index (χ1) is 17.6. The van der Waals surface area contributed by atoms with Gasteiger partial charge in [-0.25, -0.2) is 4.79 Å². The van der Waals surface area contributed by atoms with Crippen molar-refractivity contribution in [3.8, 4) is 0 Å². The summed E-state index contributed by atoms with van der Waals surface area (Å²) < 4.78 is 0. The Hall–Kier alpha value is -2.23. The van der Waals surface area contributed by atoms with E-state index in [2.05, 4.69) is 20.9 Å². The third-order valence-corrected chi connectivity index (χ3v) is 6.64. The standard InChI is InChI=1S/C22H44N8O5S2/c1-36-12-8-14(24)18(31)28-15(6-3-4-10-23)19(32)29-16(7-5-11-27-22(25)26)20(33)30-17(21(34)35)9-13-37-2/h14-17H,3-13,23-24H2,1-2H3,(H,28,31)(H,29,32)(H,30,33)(H,34,35)(H4,25,26,27). The van der Waals surface area contributed by atoms with Crippen molar-refractivity contribution >= 4 is 53.2 Å². The topological polar surface area (TPSA) is 241 Å². The van der Waals surface area contributed by atoms with Crippen LogP contribution in [0.2, 0.25) is 0 Å². The van der Waals surface area contributed by atoms with Gasteiger partial charge >= 0.3 is 5.97 Å². The summed E-state index contributed by atoms with van der Waals surface area (Å²) >= 11 is 3.01. The highest BCUT2D eigenvalue weighted by Gasteiger charge is 2.29. The molecule has 37 heavy (non-hydrogen) atoms. The summed E-state index contributed by atoms with van der Waals surface area (Å²) in [6.07, 6.45) is 6.44. The van der Waals surface area contributed by atoms with E-state index in [4.69, 9.17) is 22.9 Å². The van der Waals surface area contributed by atoms with E-state index in [0.29, 0.717) is 50.2 Å². The molecule has 0 fully saturated rings. The Morgan fingerprint density at radius 3 is 1.81 bits per heavy atom. The number of amides is 3. The lowest BCUT2D eigenvalue weighted by Gasteiger charge is -2.25. The fourth-order valence-electron chi connectivity index (χ4n) is 3.23. The van der Waals surface area contributed by atoms with Gasteiger partial charge in [-0.1, -0.05) is 0 Å². The van der Waals surface area contributed by atoms with Gasteiger partial charge in [0.05, 0.1) is 6.04 Å². The van der Waals surface area contributed by atoms with Crippen molar-refractivity contribution in [1.82, 2.24) is 16.0 Å². The lowest BCUT2D eigenvalue weighted by molar-refractivity contribution is -0.142. The number of aliphatic imine (C=N–C) groups is 1. The lowest BCUT2D eigenvalue weighted by Crippen LogP contribution is -2.57. The summed E-state index contributed by atoms with van der Waals surface area (Å²) in [5.41, 5.74) is 22.2. The van der Waals surface area contributed by atoms with E-state index in [1.807, 2.05) is 12.5 Å². The minimum Gasteiger partial charge on any atom is -0.480 e. The highest BCUT2D eigenvalue weighted by atomic mass is 32.2. The number of carboxylic acid groups (broad SMARTS) is 1. The quantitative estimate of drug-likeness (QED) is 0.0455. The molecule has 4 atom stereocenters. The van der Waals surface area contributed by atoms with Crippen molar-refractivity contribution in [3.63, 3.8) is 0 Å². The second kappa shape index (κ2) is 20.8. The molecule has 214 valence electrons. The summed E-state index contributed by atoms with van der Waals surface area (Å²) in [6, 6.07) is -3.87. The first-order valence-corrected chi connectivity index (χ1v) is 15.0. The molecular weight excluding hydrogens is 520 g/mol. The lowest BCUT2D eigenvalue weighted by atomic mass is 10.0. The average molecular weight is 565 g/mol. The van der Waals surface area contributed by atoms with Gasteiger partial charge in [0.25, 0.3) is 0 Å². The molecule has 0 aromatic heterocycles. The van der Waals surface area contributed by atoms with E-state index in [0.717, 1.165) is 0 Å². The second-order valence-electron chi connectivity index (χ2n) is 8.42. The number of guanidine groups is 1.